The highest BCUT2D eigenvalue weighted by molar-refractivity contribution is 5.11. The van der Waals surface area contributed by atoms with Gasteiger partial charge in [-0.15, -0.1) is 0 Å². The lowest BCUT2D eigenvalue weighted by molar-refractivity contribution is 0.0466. The van der Waals surface area contributed by atoms with Gasteiger partial charge in [0.25, 0.3) is 0 Å². The van der Waals surface area contributed by atoms with Crippen molar-refractivity contribution in [2.24, 2.45) is 17.8 Å². The molecule has 4 aliphatic rings. The smallest absolute Gasteiger partial charge is 0.0726 e. The standard InChI is InChI=1S/C14H24N2O/c17-14-9-5-10-7-16(13(14)12(10)6-9)8-11-3-1-2-4-15-11/h9-15,17H,1-8H2. The molecular weight excluding hydrogens is 212 g/mol. The van der Waals surface area contributed by atoms with Gasteiger partial charge < -0.3 is 10.4 Å². The summed E-state index contributed by atoms with van der Waals surface area (Å²) in [5.74, 6) is 2.38. The fourth-order valence-electron chi connectivity index (χ4n) is 5.11. The Kier molecular flexibility index (Phi) is 2.50. The molecule has 2 heterocycles. The second-order valence-electron chi connectivity index (χ2n) is 6.74. The minimum atomic E-state index is -0.0117. The molecule has 2 saturated carbocycles. The first-order chi connectivity index (χ1) is 8.33. The molecule has 6 unspecified atom stereocenters. The van der Waals surface area contributed by atoms with E-state index in [1.54, 1.807) is 0 Å². The van der Waals surface area contributed by atoms with Gasteiger partial charge in [-0.2, -0.15) is 0 Å². The zero-order valence-electron chi connectivity index (χ0n) is 10.5. The van der Waals surface area contributed by atoms with E-state index in [0.29, 0.717) is 18.0 Å². The summed E-state index contributed by atoms with van der Waals surface area (Å²) >= 11 is 0. The number of hydrogen-bond acceptors (Lipinski definition) is 3. The minimum Gasteiger partial charge on any atom is -0.391 e. The van der Waals surface area contributed by atoms with E-state index < -0.39 is 0 Å². The highest BCUT2D eigenvalue weighted by Crippen LogP contribution is 2.54. The third-order valence-electron chi connectivity index (χ3n) is 5.82. The molecular formula is C14H24N2O. The van der Waals surface area contributed by atoms with Crippen LogP contribution >= 0.6 is 0 Å². The van der Waals surface area contributed by atoms with Crippen LogP contribution in [0.1, 0.15) is 32.1 Å². The van der Waals surface area contributed by atoms with E-state index >= 15 is 0 Å². The maximum atomic E-state index is 10.3. The SMILES string of the molecule is OC1C2CC3CN(CC4CCCCN4)C1C3C2. The van der Waals surface area contributed by atoms with Crippen LogP contribution in [0.2, 0.25) is 0 Å². The first-order valence-electron chi connectivity index (χ1n) is 7.48. The van der Waals surface area contributed by atoms with Gasteiger partial charge in [0.15, 0.2) is 0 Å². The molecule has 2 aliphatic heterocycles. The van der Waals surface area contributed by atoms with Crippen LogP contribution < -0.4 is 5.32 Å². The zero-order chi connectivity index (χ0) is 11.4. The fraction of sp³-hybridized carbons (Fsp3) is 1.00. The molecule has 3 heteroatoms. The summed E-state index contributed by atoms with van der Waals surface area (Å²) in [6, 6.07) is 1.20. The molecule has 3 nitrogen and oxygen atoms in total. The third-order valence-corrected chi connectivity index (χ3v) is 5.82. The molecule has 0 amide bonds. The van der Waals surface area contributed by atoms with Gasteiger partial charge >= 0.3 is 0 Å². The lowest BCUT2D eigenvalue weighted by Gasteiger charge is -2.33. The second-order valence-corrected chi connectivity index (χ2v) is 6.74. The Morgan fingerprint density at radius 3 is 2.88 bits per heavy atom. The number of hydrogen-bond donors (Lipinski definition) is 2. The van der Waals surface area contributed by atoms with Crippen molar-refractivity contribution in [3.63, 3.8) is 0 Å². The van der Waals surface area contributed by atoms with Crippen molar-refractivity contribution in [1.82, 2.24) is 10.2 Å². The number of aliphatic hydroxyl groups is 1. The molecule has 17 heavy (non-hydrogen) atoms. The van der Waals surface area contributed by atoms with Crippen molar-refractivity contribution in [1.29, 1.82) is 0 Å². The maximum Gasteiger partial charge on any atom is 0.0726 e. The van der Waals surface area contributed by atoms with Crippen molar-refractivity contribution in [2.45, 2.75) is 50.3 Å². The van der Waals surface area contributed by atoms with Gasteiger partial charge in [0.2, 0.25) is 0 Å². The first-order valence-corrected chi connectivity index (χ1v) is 7.48. The molecule has 0 radical (unpaired) electrons. The molecule has 2 aliphatic carbocycles. The summed E-state index contributed by atoms with van der Waals surface area (Å²) < 4.78 is 0. The van der Waals surface area contributed by atoms with E-state index in [-0.39, 0.29) is 6.10 Å². The van der Waals surface area contributed by atoms with E-state index in [4.69, 9.17) is 0 Å². The number of likely N-dealkylation sites (tertiary alicyclic amines) is 1. The molecule has 4 rings (SSSR count). The molecule has 2 N–H and O–H groups in total. The van der Waals surface area contributed by atoms with Crippen LogP contribution in [0.25, 0.3) is 0 Å². The largest absolute Gasteiger partial charge is 0.391 e. The number of piperidine rings is 1. The highest BCUT2D eigenvalue weighted by Gasteiger charge is 2.58. The molecule has 6 atom stereocenters. The Bertz CT molecular complexity index is 301. The molecule has 2 saturated heterocycles. The number of aliphatic hydroxyl groups excluding tert-OH is 1. The minimum absolute atomic E-state index is 0.0117. The topological polar surface area (TPSA) is 35.5 Å². The average molecular weight is 236 g/mol. The van der Waals surface area contributed by atoms with Crippen LogP contribution in [0.15, 0.2) is 0 Å². The van der Waals surface area contributed by atoms with Gasteiger partial charge in [0.1, 0.15) is 0 Å². The molecule has 2 bridgehead atoms. The molecule has 4 fully saturated rings. The first kappa shape index (κ1) is 10.8. The number of nitrogens with zero attached hydrogens (tertiary/aromatic N) is 1. The number of fused-ring (bicyclic) bond motifs is 1. The van der Waals surface area contributed by atoms with E-state index in [1.165, 1.54) is 51.7 Å². The summed E-state index contributed by atoms with van der Waals surface area (Å²) in [6.07, 6.45) is 6.66. The third kappa shape index (κ3) is 1.59. The van der Waals surface area contributed by atoms with Crippen LogP contribution in [0, 0.1) is 17.8 Å². The lowest BCUT2D eigenvalue weighted by atomic mass is 9.88. The van der Waals surface area contributed by atoms with Crippen LogP contribution in [0.5, 0.6) is 0 Å². The maximum absolute atomic E-state index is 10.3. The van der Waals surface area contributed by atoms with Crippen molar-refractivity contribution in [2.75, 3.05) is 19.6 Å². The lowest BCUT2D eigenvalue weighted by Crippen LogP contribution is -2.48. The Morgan fingerprint density at radius 1 is 1.18 bits per heavy atom. The Labute approximate surface area is 104 Å². The van der Waals surface area contributed by atoms with E-state index in [0.717, 1.165) is 11.8 Å². The quantitative estimate of drug-likeness (QED) is 0.745. The van der Waals surface area contributed by atoms with Gasteiger partial charge in [-0.3, -0.25) is 4.90 Å². The summed E-state index contributed by atoms with van der Waals surface area (Å²) in [5.41, 5.74) is 0. The summed E-state index contributed by atoms with van der Waals surface area (Å²) in [5, 5.41) is 14.0. The Hall–Kier alpha value is -0.120. The van der Waals surface area contributed by atoms with E-state index in [2.05, 4.69) is 10.2 Å². The Balaban J connectivity index is 1.45. The molecule has 0 aromatic carbocycles. The van der Waals surface area contributed by atoms with Crippen molar-refractivity contribution >= 4 is 0 Å². The van der Waals surface area contributed by atoms with Crippen LogP contribution in [-0.4, -0.2) is 47.8 Å². The predicted molar refractivity (Wildman–Crippen MR) is 66.7 cm³/mol. The van der Waals surface area contributed by atoms with Gasteiger partial charge in [-0.25, -0.2) is 0 Å². The van der Waals surface area contributed by atoms with E-state index in [9.17, 15) is 5.11 Å². The van der Waals surface area contributed by atoms with Gasteiger partial charge in [0, 0.05) is 25.2 Å². The molecule has 0 aromatic rings. The second kappa shape index (κ2) is 3.94. The van der Waals surface area contributed by atoms with Gasteiger partial charge in [-0.05, 0) is 50.0 Å². The molecule has 96 valence electrons. The highest BCUT2D eigenvalue weighted by atomic mass is 16.3. The summed E-state index contributed by atoms with van der Waals surface area (Å²) in [7, 11) is 0. The van der Waals surface area contributed by atoms with Crippen molar-refractivity contribution in [3.05, 3.63) is 0 Å². The van der Waals surface area contributed by atoms with Gasteiger partial charge in [-0.1, -0.05) is 6.42 Å². The van der Waals surface area contributed by atoms with E-state index in [1.807, 2.05) is 0 Å². The van der Waals surface area contributed by atoms with Crippen LogP contribution in [0.3, 0.4) is 0 Å². The normalized spacial score (nSPS) is 53.5. The Morgan fingerprint density at radius 2 is 2.12 bits per heavy atom. The molecule has 0 spiro atoms. The zero-order valence-corrected chi connectivity index (χ0v) is 10.5. The molecule has 0 aromatic heterocycles. The summed E-state index contributed by atoms with van der Waals surface area (Å²) in [4.78, 5) is 2.62. The van der Waals surface area contributed by atoms with Crippen LogP contribution in [0.4, 0.5) is 0 Å². The van der Waals surface area contributed by atoms with Gasteiger partial charge in [0.05, 0.1) is 6.10 Å². The number of rotatable bonds is 2. The average Bonchev–Trinajstić information content (AvgIpc) is 2.92. The van der Waals surface area contributed by atoms with Crippen molar-refractivity contribution < 1.29 is 5.11 Å². The monoisotopic (exact) mass is 236 g/mol. The number of nitrogens with one attached hydrogen (secondary N) is 1. The summed E-state index contributed by atoms with van der Waals surface area (Å²) in [6.45, 7) is 3.64. The predicted octanol–water partition coefficient (Wildman–Crippen LogP) is 0.830. The van der Waals surface area contributed by atoms with Crippen molar-refractivity contribution in [3.8, 4) is 0 Å². The van der Waals surface area contributed by atoms with Crippen LogP contribution in [-0.2, 0) is 0 Å². The fourth-order valence-corrected chi connectivity index (χ4v) is 5.11.